The summed E-state index contributed by atoms with van der Waals surface area (Å²) in [6.45, 7) is 1.24. The SMILES string of the molecule is O=C(c1cc(F)c2[nH]c(=O)ccc2c1)N1CCC(Cc2cccc(O)c2)CC1. The number of carbonyl (C=O) groups is 1. The van der Waals surface area contributed by atoms with E-state index in [2.05, 4.69) is 4.98 Å². The molecule has 5 nitrogen and oxygen atoms in total. The van der Waals surface area contributed by atoms with E-state index < -0.39 is 5.82 Å². The van der Waals surface area contributed by atoms with E-state index in [1.165, 1.54) is 18.2 Å². The number of aromatic nitrogens is 1. The topological polar surface area (TPSA) is 73.4 Å². The number of phenolic OH excluding ortho intramolecular Hbond substituents is 1. The molecule has 0 radical (unpaired) electrons. The first-order valence-corrected chi connectivity index (χ1v) is 9.39. The first-order valence-electron chi connectivity index (χ1n) is 9.39. The molecule has 0 bridgehead atoms. The van der Waals surface area contributed by atoms with E-state index in [1.54, 1.807) is 23.1 Å². The Morgan fingerprint density at radius 2 is 1.93 bits per heavy atom. The number of carbonyl (C=O) groups excluding carboxylic acids is 1. The van der Waals surface area contributed by atoms with Gasteiger partial charge in [0.25, 0.3) is 5.91 Å². The number of amides is 1. The molecule has 1 aliphatic rings. The van der Waals surface area contributed by atoms with E-state index in [0.29, 0.717) is 30.0 Å². The van der Waals surface area contributed by atoms with Crippen molar-refractivity contribution in [3.63, 3.8) is 0 Å². The summed E-state index contributed by atoms with van der Waals surface area (Å²) < 4.78 is 14.3. The molecule has 0 unspecified atom stereocenters. The quantitative estimate of drug-likeness (QED) is 0.731. The van der Waals surface area contributed by atoms with Crippen molar-refractivity contribution in [2.45, 2.75) is 19.3 Å². The second kappa shape index (κ2) is 7.46. The zero-order valence-electron chi connectivity index (χ0n) is 15.3. The minimum Gasteiger partial charge on any atom is -0.508 e. The first-order chi connectivity index (χ1) is 13.5. The van der Waals surface area contributed by atoms with Crippen molar-refractivity contribution in [3.8, 4) is 5.75 Å². The van der Waals surface area contributed by atoms with Crippen LogP contribution in [0.5, 0.6) is 5.75 Å². The number of H-pyrrole nitrogens is 1. The van der Waals surface area contributed by atoms with Crippen molar-refractivity contribution in [1.29, 1.82) is 0 Å². The normalized spacial score (nSPS) is 15.1. The molecule has 2 N–H and O–H groups in total. The average molecular weight is 380 g/mol. The number of hydrogen-bond donors (Lipinski definition) is 2. The van der Waals surface area contributed by atoms with Crippen LogP contribution < -0.4 is 5.56 Å². The molecular weight excluding hydrogens is 359 g/mol. The van der Waals surface area contributed by atoms with E-state index in [1.807, 2.05) is 12.1 Å². The minimum absolute atomic E-state index is 0.119. The van der Waals surface area contributed by atoms with Crippen molar-refractivity contribution < 1.29 is 14.3 Å². The largest absolute Gasteiger partial charge is 0.508 e. The van der Waals surface area contributed by atoms with Gasteiger partial charge in [-0.05, 0) is 61.1 Å². The second-order valence-corrected chi connectivity index (χ2v) is 7.35. The van der Waals surface area contributed by atoms with Gasteiger partial charge in [0.05, 0.1) is 5.52 Å². The summed E-state index contributed by atoms with van der Waals surface area (Å²) in [7, 11) is 0. The summed E-state index contributed by atoms with van der Waals surface area (Å²) in [5, 5.41) is 10.1. The highest BCUT2D eigenvalue weighted by atomic mass is 19.1. The molecule has 0 aliphatic carbocycles. The molecule has 0 saturated carbocycles. The number of halogens is 1. The van der Waals surface area contributed by atoms with Gasteiger partial charge in [-0.1, -0.05) is 12.1 Å². The Bertz CT molecular complexity index is 1080. The van der Waals surface area contributed by atoms with Gasteiger partial charge in [-0.15, -0.1) is 0 Å². The van der Waals surface area contributed by atoms with E-state index in [-0.39, 0.29) is 22.7 Å². The van der Waals surface area contributed by atoms with Gasteiger partial charge in [0.15, 0.2) is 0 Å². The Labute approximate surface area is 161 Å². The highest BCUT2D eigenvalue weighted by molar-refractivity contribution is 5.98. The van der Waals surface area contributed by atoms with Crippen molar-refractivity contribution in [3.05, 3.63) is 75.8 Å². The number of benzene rings is 2. The summed E-state index contributed by atoms with van der Waals surface area (Å²) in [6, 6.07) is 12.9. The summed E-state index contributed by atoms with van der Waals surface area (Å²) in [6.07, 6.45) is 2.60. The first kappa shape index (κ1) is 18.2. The highest BCUT2D eigenvalue weighted by Crippen LogP contribution is 2.25. The monoisotopic (exact) mass is 380 g/mol. The van der Waals surface area contributed by atoms with Crippen molar-refractivity contribution >= 4 is 16.8 Å². The maximum atomic E-state index is 14.3. The highest BCUT2D eigenvalue weighted by Gasteiger charge is 2.24. The molecule has 0 atom stereocenters. The fourth-order valence-electron chi connectivity index (χ4n) is 3.88. The molecule has 144 valence electrons. The molecule has 3 aromatic rings. The molecule has 0 spiro atoms. The lowest BCUT2D eigenvalue weighted by molar-refractivity contribution is 0.0690. The van der Waals surface area contributed by atoms with Gasteiger partial charge in [0.1, 0.15) is 11.6 Å². The van der Waals surface area contributed by atoms with Crippen LogP contribution in [-0.4, -0.2) is 34.0 Å². The standard InChI is InChI=1S/C22H21FN2O3/c23-19-13-17(12-16-4-5-20(27)24-21(16)19)22(28)25-8-6-14(7-9-25)10-15-2-1-3-18(26)11-15/h1-5,11-14,26H,6-10H2,(H,24,27). The fourth-order valence-corrected chi connectivity index (χ4v) is 3.88. The number of piperidine rings is 1. The fraction of sp³-hybridized carbons (Fsp3) is 0.273. The van der Waals surface area contributed by atoms with Crippen molar-refractivity contribution in [2.75, 3.05) is 13.1 Å². The number of aromatic amines is 1. The third-order valence-electron chi connectivity index (χ3n) is 5.37. The molecule has 1 aliphatic heterocycles. The molecule has 1 amide bonds. The molecule has 4 rings (SSSR count). The van der Waals surface area contributed by atoms with Crippen LogP contribution in [0.15, 0.2) is 53.3 Å². The number of nitrogens with one attached hydrogen (secondary N) is 1. The molecule has 1 aromatic heterocycles. The summed E-state index contributed by atoms with van der Waals surface area (Å²) in [4.78, 5) is 28.4. The van der Waals surface area contributed by atoms with Gasteiger partial charge in [-0.25, -0.2) is 4.39 Å². The molecule has 2 heterocycles. The third-order valence-corrected chi connectivity index (χ3v) is 5.37. The molecule has 2 aromatic carbocycles. The number of aromatic hydroxyl groups is 1. The van der Waals surface area contributed by atoms with Gasteiger partial charge >= 0.3 is 0 Å². The van der Waals surface area contributed by atoms with E-state index in [9.17, 15) is 19.1 Å². The van der Waals surface area contributed by atoms with Crippen LogP contribution in [0, 0.1) is 11.7 Å². The summed E-state index contributed by atoms with van der Waals surface area (Å²) in [5.74, 6) is -0.0748. The van der Waals surface area contributed by atoms with Crippen LogP contribution in [-0.2, 0) is 6.42 Å². The van der Waals surface area contributed by atoms with Gasteiger partial charge in [0.2, 0.25) is 5.56 Å². The number of likely N-dealkylation sites (tertiary alicyclic amines) is 1. The van der Waals surface area contributed by atoms with Crippen LogP contribution in [0.4, 0.5) is 4.39 Å². The minimum atomic E-state index is -0.600. The number of hydrogen-bond acceptors (Lipinski definition) is 3. The van der Waals surface area contributed by atoms with Gasteiger partial charge in [0, 0.05) is 30.1 Å². The number of nitrogens with zero attached hydrogens (tertiary/aromatic N) is 1. The van der Waals surface area contributed by atoms with Crippen molar-refractivity contribution in [2.24, 2.45) is 5.92 Å². The Morgan fingerprint density at radius 1 is 1.14 bits per heavy atom. The molecule has 6 heteroatoms. The predicted octanol–water partition coefficient (Wildman–Crippen LogP) is 3.47. The Kier molecular flexibility index (Phi) is 4.86. The van der Waals surface area contributed by atoms with E-state index >= 15 is 0 Å². The van der Waals surface area contributed by atoms with Crippen LogP contribution in [0.2, 0.25) is 0 Å². The lowest BCUT2D eigenvalue weighted by Gasteiger charge is -2.32. The number of pyridine rings is 1. The number of phenols is 1. The smallest absolute Gasteiger partial charge is 0.253 e. The average Bonchev–Trinajstić information content (AvgIpc) is 2.68. The lowest BCUT2D eigenvalue weighted by atomic mass is 9.90. The summed E-state index contributed by atoms with van der Waals surface area (Å²) >= 11 is 0. The molecule has 28 heavy (non-hydrogen) atoms. The van der Waals surface area contributed by atoms with Crippen molar-refractivity contribution in [1.82, 2.24) is 9.88 Å². The van der Waals surface area contributed by atoms with Crippen LogP contribution in [0.25, 0.3) is 10.9 Å². The third kappa shape index (κ3) is 3.76. The van der Waals surface area contributed by atoms with Gasteiger partial charge in [-0.2, -0.15) is 0 Å². The van der Waals surface area contributed by atoms with E-state index in [0.717, 1.165) is 24.8 Å². The summed E-state index contributed by atoms with van der Waals surface area (Å²) in [5.41, 5.74) is 1.13. The molecule has 1 fully saturated rings. The Morgan fingerprint density at radius 3 is 2.68 bits per heavy atom. The second-order valence-electron chi connectivity index (χ2n) is 7.35. The van der Waals surface area contributed by atoms with Crippen LogP contribution >= 0.6 is 0 Å². The Balaban J connectivity index is 1.44. The van der Waals surface area contributed by atoms with Gasteiger partial charge < -0.3 is 15.0 Å². The predicted molar refractivity (Wildman–Crippen MR) is 105 cm³/mol. The molecule has 1 saturated heterocycles. The van der Waals surface area contributed by atoms with E-state index in [4.69, 9.17) is 0 Å². The Hall–Kier alpha value is -3.15. The number of rotatable bonds is 3. The number of fused-ring (bicyclic) bond motifs is 1. The zero-order valence-corrected chi connectivity index (χ0v) is 15.3. The van der Waals surface area contributed by atoms with Crippen LogP contribution in [0.3, 0.4) is 0 Å². The zero-order chi connectivity index (χ0) is 19.7. The maximum Gasteiger partial charge on any atom is 0.253 e. The lowest BCUT2D eigenvalue weighted by Crippen LogP contribution is -2.39. The maximum absolute atomic E-state index is 14.3. The molecular formula is C22H21FN2O3. The van der Waals surface area contributed by atoms with Gasteiger partial charge in [-0.3, -0.25) is 9.59 Å². The van der Waals surface area contributed by atoms with Crippen LogP contribution in [0.1, 0.15) is 28.8 Å².